The van der Waals surface area contributed by atoms with Crippen LogP contribution in [0.5, 0.6) is 5.75 Å². The van der Waals surface area contributed by atoms with Crippen molar-refractivity contribution >= 4 is 29.2 Å². The van der Waals surface area contributed by atoms with Crippen molar-refractivity contribution in [1.82, 2.24) is 0 Å². The van der Waals surface area contributed by atoms with Crippen LogP contribution in [0.1, 0.15) is 6.92 Å². The third kappa shape index (κ3) is 5.24. The molecule has 126 valence electrons. The van der Waals surface area contributed by atoms with Gasteiger partial charge in [-0.25, -0.2) is 9.18 Å². The average Bonchev–Trinajstić information content (AvgIpc) is 2.56. The normalized spacial score (nSPS) is 11.5. The molecule has 0 heterocycles. The summed E-state index contributed by atoms with van der Waals surface area (Å²) in [6.45, 7) is 1.05. The number of para-hydroxylation sites is 1. The number of carbonyl (C=O) groups excluding carboxylic acids is 2. The summed E-state index contributed by atoms with van der Waals surface area (Å²) in [5, 5.41) is 2.88. The van der Waals surface area contributed by atoms with Crippen molar-refractivity contribution in [2.24, 2.45) is 0 Å². The Morgan fingerprint density at radius 2 is 1.83 bits per heavy atom. The number of amides is 1. The number of anilines is 1. The van der Waals surface area contributed by atoms with E-state index in [0.717, 1.165) is 0 Å². The van der Waals surface area contributed by atoms with E-state index in [1.165, 1.54) is 31.2 Å². The highest BCUT2D eigenvalue weighted by Gasteiger charge is 2.18. The number of rotatable bonds is 6. The van der Waals surface area contributed by atoms with Crippen LogP contribution in [0.15, 0.2) is 48.5 Å². The van der Waals surface area contributed by atoms with Crippen LogP contribution in [0.3, 0.4) is 0 Å². The molecule has 0 spiro atoms. The molecule has 0 saturated carbocycles. The number of benzene rings is 2. The highest BCUT2D eigenvalue weighted by Crippen LogP contribution is 2.22. The van der Waals surface area contributed by atoms with Gasteiger partial charge in [0.2, 0.25) is 0 Å². The summed E-state index contributed by atoms with van der Waals surface area (Å²) in [5.41, 5.74) is 0.400. The van der Waals surface area contributed by atoms with Gasteiger partial charge in [0.1, 0.15) is 11.6 Å². The molecule has 0 aliphatic heterocycles. The van der Waals surface area contributed by atoms with Gasteiger partial charge in [0, 0.05) is 5.69 Å². The van der Waals surface area contributed by atoms with Crippen LogP contribution in [0.25, 0.3) is 0 Å². The Balaban J connectivity index is 1.81. The van der Waals surface area contributed by atoms with Crippen molar-refractivity contribution in [3.05, 3.63) is 59.4 Å². The van der Waals surface area contributed by atoms with Crippen LogP contribution in [-0.4, -0.2) is 24.6 Å². The van der Waals surface area contributed by atoms with Gasteiger partial charge in [-0.15, -0.1) is 0 Å². The first-order chi connectivity index (χ1) is 11.5. The summed E-state index contributed by atoms with van der Waals surface area (Å²) >= 11 is 5.90. The fraction of sp³-hybridized carbons (Fsp3) is 0.176. The van der Waals surface area contributed by atoms with E-state index >= 15 is 0 Å². The minimum Gasteiger partial charge on any atom is -0.480 e. The highest BCUT2D eigenvalue weighted by molar-refractivity contribution is 6.32. The lowest BCUT2D eigenvalue weighted by Gasteiger charge is -2.14. The maximum Gasteiger partial charge on any atom is 0.344 e. The van der Waals surface area contributed by atoms with Crippen LogP contribution >= 0.6 is 11.6 Å². The lowest BCUT2D eigenvalue weighted by Crippen LogP contribution is -2.31. The van der Waals surface area contributed by atoms with Crippen LogP contribution < -0.4 is 10.1 Å². The topological polar surface area (TPSA) is 64.6 Å². The summed E-state index contributed by atoms with van der Waals surface area (Å²) in [4.78, 5) is 23.6. The van der Waals surface area contributed by atoms with Crippen LogP contribution in [0, 0.1) is 5.82 Å². The maximum atomic E-state index is 12.8. The first-order valence-corrected chi connectivity index (χ1v) is 7.47. The number of ether oxygens (including phenoxy) is 2. The van der Waals surface area contributed by atoms with Gasteiger partial charge in [-0.2, -0.15) is 0 Å². The number of nitrogens with one attached hydrogen (secondary N) is 1. The molecule has 7 heteroatoms. The van der Waals surface area contributed by atoms with Gasteiger partial charge in [0.05, 0.1) is 5.02 Å². The minimum absolute atomic E-state index is 0.347. The number of carbonyl (C=O) groups is 2. The second-order valence-electron chi connectivity index (χ2n) is 4.85. The fourth-order valence-corrected chi connectivity index (χ4v) is 1.95. The molecular formula is C17H15ClFNO4. The van der Waals surface area contributed by atoms with Gasteiger partial charge in [-0.3, -0.25) is 4.79 Å². The fourth-order valence-electron chi connectivity index (χ4n) is 1.76. The molecule has 24 heavy (non-hydrogen) atoms. The van der Waals surface area contributed by atoms with Crippen molar-refractivity contribution < 1.29 is 23.5 Å². The third-order valence-corrected chi connectivity index (χ3v) is 3.28. The lowest BCUT2D eigenvalue weighted by atomic mass is 10.3. The molecule has 0 aromatic heterocycles. The number of hydrogen-bond acceptors (Lipinski definition) is 4. The molecule has 0 aliphatic carbocycles. The Bertz CT molecular complexity index is 721. The third-order valence-electron chi connectivity index (χ3n) is 2.97. The van der Waals surface area contributed by atoms with E-state index in [9.17, 15) is 14.0 Å². The van der Waals surface area contributed by atoms with E-state index in [-0.39, 0.29) is 6.61 Å². The summed E-state index contributed by atoms with van der Waals surface area (Å²) in [5.74, 6) is -1.31. The molecule has 2 aromatic rings. The summed E-state index contributed by atoms with van der Waals surface area (Å²) < 4.78 is 23.0. The van der Waals surface area contributed by atoms with Gasteiger partial charge in [-0.1, -0.05) is 23.7 Å². The standard InChI is InChI=1S/C17H15ClFNO4/c1-11(17(22)20-13-8-6-12(19)7-9-13)24-16(21)10-23-15-5-3-2-4-14(15)18/h2-9,11H,10H2,1H3,(H,20,22)/t11-/m0/s1. The number of esters is 1. The average molecular weight is 352 g/mol. The molecule has 2 aromatic carbocycles. The Morgan fingerprint density at radius 1 is 1.17 bits per heavy atom. The molecular weight excluding hydrogens is 337 g/mol. The second kappa shape index (κ2) is 8.31. The van der Waals surface area contributed by atoms with E-state index in [1.807, 2.05) is 0 Å². The summed E-state index contributed by atoms with van der Waals surface area (Å²) in [6, 6.07) is 11.9. The van der Waals surface area contributed by atoms with E-state index < -0.39 is 23.8 Å². The van der Waals surface area contributed by atoms with E-state index in [0.29, 0.717) is 16.5 Å². The molecule has 1 atom stereocenters. The summed E-state index contributed by atoms with van der Waals surface area (Å²) in [6.07, 6.45) is -1.03. The molecule has 1 amide bonds. The maximum absolute atomic E-state index is 12.8. The molecule has 1 N–H and O–H groups in total. The van der Waals surface area contributed by atoms with E-state index in [4.69, 9.17) is 21.1 Å². The number of halogens is 2. The molecule has 0 aliphatic rings. The molecule has 0 fully saturated rings. The van der Waals surface area contributed by atoms with Crippen molar-refractivity contribution in [3.8, 4) is 5.75 Å². The van der Waals surface area contributed by atoms with E-state index in [1.54, 1.807) is 24.3 Å². The smallest absolute Gasteiger partial charge is 0.344 e. The molecule has 0 radical (unpaired) electrons. The Kier molecular flexibility index (Phi) is 6.14. The monoisotopic (exact) mass is 351 g/mol. The Morgan fingerprint density at radius 3 is 2.50 bits per heavy atom. The molecule has 0 saturated heterocycles. The van der Waals surface area contributed by atoms with Gasteiger partial charge in [0.15, 0.2) is 12.7 Å². The van der Waals surface area contributed by atoms with Crippen LogP contribution in [0.4, 0.5) is 10.1 Å². The molecule has 0 unspecified atom stereocenters. The molecule has 2 rings (SSSR count). The predicted molar refractivity (Wildman–Crippen MR) is 87.5 cm³/mol. The Labute approximate surface area is 143 Å². The van der Waals surface area contributed by atoms with Crippen molar-refractivity contribution in [3.63, 3.8) is 0 Å². The van der Waals surface area contributed by atoms with E-state index in [2.05, 4.69) is 5.32 Å². The zero-order valence-electron chi connectivity index (χ0n) is 12.8. The second-order valence-corrected chi connectivity index (χ2v) is 5.25. The van der Waals surface area contributed by atoms with Crippen LogP contribution in [-0.2, 0) is 14.3 Å². The number of hydrogen-bond donors (Lipinski definition) is 1. The van der Waals surface area contributed by atoms with Crippen LogP contribution in [0.2, 0.25) is 5.02 Å². The van der Waals surface area contributed by atoms with Gasteiger partial charge in [0.25, 0.3) is 5.91 Å². The predicted octanol–water partition coefficient (Wildman–Crippen LogP) is 3.43. The van der Waals surface area contributed by atoms with Crippen molar-refractivity contribution in [1.29, 1.82) is 0 Å². The molecule has 0 bridgehead atoms. The largest absolute Gasteiger partial charge is 0.480 e. The molecule has 5 nitrogen and oxygen atoms in total. The quantitative estimate of drug-likeness (QED) is 0.810. The van der Waals surface area contributed by atoms with Crippen molar-refractivity contribution in [2.75, 3.05) is 11.9 Å². The Hall–Kier alpha value is -2.60. The first kappa shape index (κ1) is 17.7. The van der Waals surface area contributed by atoms with Crippen molar-refractivity contribution in [2.45, 2.75) is 13.0 Å². The van der Waals surface area contributed by atoms with Gasteiger partial charge in [-0.05, 0) is 43.3 Å². The SMILES string of the molecule is C[C@H](OC(=O)COc1ccccc1Cl)C(=O)Nc1ccc(F)cc1. The highest BCUT2D eigenvalue weighted by atomic mass is 35.5. The van der Waals surface area contributed by atoms with Gasteiger partial charge < -0.3 is 14.8 Å². The lowest BCUT2D eigenvalue weighted by molar-refractivity contribution is -0.155. The first-order valence-electron chi connectivity index (χ1n) is 7.09. The summed E-state index contributed by atoms with van der Waals surface area (Å²) in [7, 11) is 0. The minimum atomic E-state index is -1.03. The van der Waals surface area contributed by atoms with Gasteiger partial charge >= 0.3 is 5.97 Å². The zero-order chi connectivity index (χ0) is 17.5. The zero-order valence-corrected chi connectivity index (χ0v) is 13.5.